The van der Waals surface area contributed by atoms with Crippen LogP contribution in [0, 0.1) is 11.8 Å². The molecule has 4 fully saturated rings. The first-order chi connectivity index (χ1) is 33.5. The van der Waals surface area contributed by atoms with Gasteiger partial charge in [0.2, 0.25) is 0 Å². The first-order valence-electron chi connectivity index (χ1n) is 22.5. The summed E-state index contributed by atoms with van der Waals surface area (Å²) in [6.07, 6.45) is -2.48. The fraction of sp³-hybridized carbons (Fsp3) is 0.714. The Kier molecular flexibility index (Phi) is 24.3. The van der Waals surface area contributed by atoms with Crippen LogP contribution in [0.4, 0.5) is 0 Å². The summed E-state index contributed by atoms with van der Waals surface area (Å²) in [4.78, 5) is 163. The summed E-state index contributed by atoms with van der Waals surface area (Å²) in [5, 5.41) is 1.73. The molecule has 0 spiro atoms. The predicted molar refractivity (Wildman–Crippen MR) is 221 cm³/mol. The van der Waals surface area contributed by atoms with Gasteiger partial charge in [-0.15, -0.1) is 20.3 Å². The molecule has 0 aromatic carbocycles. The third-order valence-electron chi connectivity index (χ3n) is 9.96. The molecule has 4 heterocycles. The summed E-state index contributed by atoms with van der Waals surface area (Å²) in [5.41, 5.74) is 0. The molecule has 28 heteroatoms. The summed E-state index contributed by atoms with van der Waals surface area (Å²) < 4.78 is 45.5. The van der Waals surface area contributed by atoms with Gasteiger partial charge in [0.25, 0.3) is 47.3 Å². The van der Waals surface area contributed by atoms with E-state index in [1.54, 1.807) is 0 Å². The number of carbonyl (C=O) groups is 12. The van der Waals surface area contributed by atoms with Crippen LogP contribution >= 0.6 is 0 Å². The van der Waals surface area contributed by atoms with Gasteiger partial charge in [-0.3, -0.25) is 38.4 Å². The highest BCUT2D eigenvalue weighted by Gasteiger charge is 2.37. The predicted octanol–water partition coefficient (Wildman–Crippen LogP) is -1.66. The molecule has 0 aromatic rings. The van der Waals surface area contributed by atoms with Gasteiger partial charge in [-0.25, -0.2) is 19.2 Å². The van der Waals surface area contributed by atoms with Crippen LogP contribution in [0.3, 0.4) is 0 Å². The Labute approximate surface area is 400 Å². The number of rotatable bonds is 35. The summed E-state index contributed by atoms with van der Waals surface area (Å²) in [7, 11) is 0. The lowest BCUT2D eigenvalue weighted by molar-refractivity contribution is -0.202. The van der Waals surface area contributed by atoms with E-state index in [2.05, 4.69) is 0 Å². The van der Waals surface area contributed by atoms with Crippen molar-refractivity contribution in [1.82, 2.24) is 20.3 Å². The van der Waals surface area contributed by atoms with Gasteiger partial charge in [0.05, 0.1) is 117 Å². The molecule has 4 rings (SSSR count). The van der Waals surface area contributed by atoms with Crippen LogP contribution < -0.4 is 0 Å². The molecular formula is C42H58N4O24. The average Bonchev–Trinajstić information content (AvgIpc) is 4.04. The van der Waals surface area contributed by atoms with E-state index in [0.29, 0.717) is 20.3 Å². The minimum Gasteiger partial charge on any atom is -0.378 e. The number of hydrogen-bond donors (Lipinski definition) is 0. The van der Waals surface area contributed by atoms with Crippen molar-refractivity contribution in [2.45, 2.75) is 90.3 Å². The zero-order valence-electron chi connectivity index (χ0n) is 38.9. The largest absolute Gasteiger partial charge is 0.378 e. The average molecular weight is 1000 g/mol. The van der Waals surface area contributed by atoms with E-state index in [1.165, 1.54) is 13.8 Å². The van der Waals surface area contributed by atoms with Gasteiger partial charge in [-0.1, -0.05) is 0 Å². The third kappa shape index (κ3) is 19.5. The van der Waals surface area contributed by atoms with Crippen molar-refractivity contribution in [2.24, 2.45) is 11.8 Å². The second-order valence-corrected chi connectivity index (χ2v) is 15.8. The van der Waals surface area contributed by atoms with Crippen LogP contribution in [0.15, 0.2) is 0 Å². The maximum atomic E-state index is 12.6. The van der Waals surface area contributed by atoms with Crippen molar-refractivity contribution in [3.63, 3.8) is 0 Å². The number of nitrogens with zero attached hydrogens (tertiary/aromatic N) is 4. The lowest BCUT2D eigenvalue weighted by atomic mass is 10.2. The maximum absolute atomic E-state index is 12.6. The number of amides is 8. The van der Waals surface area contributed by atoms with Crippen LogP contribution in [0.5, 0.6) is 0 Å². The minimum atomic E-state index is -0.918. The van der Waals surface area contributed by atoms with Gasteiger partial charge in [0.15, 0.2) is 0 Å². The van der Waals surface area contributed by atoms with Crippen molar-refractivity contribution in [2.75, 3.05) is 92.5 Å². The topological polar surface area (TPSA) is 329 Å². The van der Waals surface area contributed by atoms with E-state index in [9.17, 15) is 57.5 Å². The van der Waals surface area contributed by atoms with Gasteiger partial charge in [-0.2, -0.15) is 0 Å². The molecule has 0 saturated carbocycles. The van der Waals surface area contributed by atoms with E-state index in [1.807, 2.05) is 0 Å². The second-order valence-electron chi connectivity index (χ2n) is 15.8. The molecule has 2 unspecified atom stereocenters. The molecule has 4 saturated heterocycles. The number of hydrogen-bond acceptors (Lipinski definition) is 24. The molecule has 0 aromatic heterocycles. The van der Waals surface area contributed by atoms with Crippen molar-refractivity contribution < 1.29 is 115 Å². The first-order valence-corrected chi connectivity index (χ1v) is 22.5. The first kappa shape index (κ1) is 56.7. The summed E-state index contributed by atoms with van der Waals surface area (Å²) in [5.74, 6) is -10.2. The van der Waals surface area contributed by atoms with Crippen molar-refractivity contribution in [1.29, 1.82) is 0 Å². The van der Waals surface area contributed by atoms with Gasteiger partial charge in [-0.05, 0) is 13.8 Å². The molecular weight excluding hydrogens is 944 g/mol. The Hall–Kier alpha value is -5.88. The van der Waals surface area contributed by atoms with Gasteiger partial charge >= 0.3 is 23.9 Å². The van der Waals surface area contributed by atoms with Crippen LogP contribution in [-0.2, 0) is 115 Å². The Bertz CT molecular complexity index is 1710. The minimum absolute atomic E-state index is 0.0217. The lowest BCUT2D eigenvalue weighted by Crippen LogP contribution is -2.36. The fourth-order valence-corrected chi connectivity index (χ4v) is 6.07. The third-order valence-corrected chi connectivity index (χ3v) is 9.96. The monoisotopic (exact) mass is 1000 g/mol. The zero-order chi connectivity index (χ0) is 51.0. The van der Waals surface area contributed by atoms with Crippen molar-refractivity contribution in [3.8, 4) is 0 Å². The molecule has 0 bridgehead atoms. The fourth-order valence-electron chi connectivity index (χ4n) is 6.07. The van der Waals surface area contributed by atoms with Crippen LogP contribution in [0.25, 0.3) is 0 Å². The Balaban J connectivity index is 1.23. The number of carbonyl (C=O) groups excluding carboxylic acids is 12. The standard InChI is InChI=1S/C42H58N4O24/c1-27(41(57)69-45-35(51)7-8-36(45)52)21-63-25-30(26-64-22-28(2)42(58)70-46-37(53)9-10-38(46)54)66-20-19-65-29(23-61-17-15-59-13-11-39(55)67-43-31(47)3-4-32(43)48)24-62-18-16-60-14-12-40(56)68-44-33(49)5-6-34(44)50/h27-30H,3-26H2,1-2H3. The molecule has 0 aliphatic carbocycles. The molecule has 4 aliphatic heterocycles. The lowest BCUT2D eigenvalue weighted by Gasteiger charge is -2.22. The molecule has 28 nitrogen and oxygen atoms in total. The second kappa shape index (κ2) is 30.0. The molecule has 4 aliphatic rings. The Morgan fingerprint density at radius 3 is 0.943 bits per heavy atom. The zero-order valence-corrected chi connectivity index (χ0v) is 38.9. The van der Waals surface area contributed by atoms with Crippen LogP contribution in [0.1, 0.15) is 78.1 Å². The highest BCUT2D eigenvalue weighted by atomic mass is 16.7. The smallest absolute Gasteiger partial charge is 0.338 e. The number of hydroxylamine groups is 8. The highest BCUT2D eigenvalue weighted by molar-refractivity contribution is 6.03. The highest BCUT2D eigenvalue weighted by Crippen LogP contribution is 2.17. The summed E-state index contributed by atoms with van der Waals surface area (Å²) in [6.45, 7) is 2.00. The van der Waals surface area contributed by atoms with Gasteiger partial charge in [0, 0.05) is 51.4 Å². The van der Waals surface area contributed by atoms with E-state index in [4.69, 9.17) is 57.2 Å². The molecule has 390 valence electrons. The van der Waals surface area contributed by atoms with E-state index < -0.39 is 95.2 Å². The van der Waals surface area contributed by atoms with Gasteiger partial charge in [0.1, 0.15) is 12.2 Å². The van der Waals surface area contributed by atoms with E-state index >= 15 is 0 Å². The molecule has 8 amide bonds. The maximum Gasteiger partial charge on any atom is 0.338 e. The molecule has 0 N–H and O–H groups in total. The number of imide groups is 4. The Morgan fingerprint density at radius 2 is 0.629 bits per heavy atom. The summed E-state index contributed by atoms with van der Waals surface area (Å²) >= 11 is 0. The number of ether oxygens (including phenoxy) is 8. The van der Waals surface area contributed by atoms with Gasteiger partial charge < -0.3 is 57.2 Å². The molecule has 0 radical (unpaired) electrons. The summed E-state index contributed by atoms with van der Waals surface area (Å²) in [6, 6.07) is 0. The van der Waals surface area contributed by atoms with Crippen molar-refractivity contribution >= 4 is 71.1 Å². The van der Waals surface area contributed by atoms with E-state index in [0.717, 1.165) is 0 Å². The molecule has 70 heavy (non-hydrogen) atoms. The quantitative estimate of drug-likeness (QED) is 0.0506. The Morgan fingerprint density at radius 1 is 0.357 bits per heavy atom. The van der Waals surface area contributed by atoms with Crippen LogP contribution in [0.2, 0.25) is 0 Å². The molecule has 2 atom stereocenters. The normalized spacial score (nSPS) is 17.6. The van der Waals surface area contributed by atoms with Crippen molar-refractivity contribution in [3.05, 3.63) is 0 Å². The SMILES string of the molecule is CC(COCC(COCC(C)C(=O)ON1C(=O)CCC1=O)OCCOC(COCCOCCC(=O)ON1C(=O)CCC1=O)COCCOCCC(=O)ON1C(=O)CCC1=O)C(=O)ON1C(=O)CCC1=O. The van der Waals surface area contributed by atoms with E-state index in [-0.39, 0.29) is 157 Å². The van der Waals surface area contributed by atoms with Crippen LogP contribution in [-0.4, -0.2) is 196 Å².